The van der Waals surface area contributed by atoms with Gasteiger partial charge in [-0.1, -0.05) is 18.2 Å². The Hall–Kier alpha value is -3.29. The predicted molar refractivity (Wildman–Crippen MR) is 112 cm³/mol. The summed E-state index contributed by atoms with van der Waals surface area (Å²) >= 11 is 0. The number of piperidine rings is 1. The summed E-state index contributed by atoms with van der Waals surface area (Å²) in [5.74, 6) is 0.799. The van der Waals surface area contributed by atoms with Crippen LogP contribution in [0.15, 0.2) is 47.1 Å². The van der Waals surface area contributed by atoms with Crippen LogP contribution in [-0.4, -0.2) is 72.3 Å². The lowest BCUT2D eigenvalue weighted by Crippen LogP contribution is -2.54. The molecule has 2 aromatic rings. The number of hydrogen-bond acceptors (Lipinski definition) is 5. The number of amides is 3. The van der Waals surface area contributed by atoms with E-state index in [1.165, 1.54) is 6.26 Å². The van der Waals surface area contributed by atoms with Gasteiger partial charge in [0.15, 0.2) is 5.76 Å². The standard InChI is InChI=1S/C23H27N3O5/c1-30-19-6-3-2-5-17(19)15-26-16-18(8-9-21(26)27)22(28)24-10-12-25(13-11-24)23(29)20-7-4-14-31-20/h2-7,14,18H,8-13,15-16H2,1H3. The van der Waals surface area contributed by atoms with Crippen LogP contribution >= 0.6 is 0 Å². The number of furan rings is 1. The van der Waals surface area contributed by atoms with Crippen molar-refractivity contribution in [1.82, 2.24) is 14.7 Å². The number of carbonyl (C=O) groups excluding carboxylic acids is 3. The maximum atomic E-state index is 13.1. The monoisotopic (exact) mass is 425 g/mol. The number of carbonyl (C=O) groups is 3. The number of rotatable bonds is 5. The molecule has 31 heavy (non-hydrogen) atoms. The third-order valence-corrected chi connectivity index (χ3v) is 6.01. The fourth-order valence-electron chi connectivity index (χ4n) is 4.25. The lowest BCUT2D eigenvalue weighted by atomic mass is 9.95. The molecule has 1 atom stereocenters. The minimum absolute atomic E-state index is 0.0580. The van der Waals surface area contributed by atoms with E-state index in [1.54, 1.807) is 29.0 Å². The zero-order valence-corrected chi connectivity index (χ0v) is 17.7. The number of likely N-dealkylation sites (tertiary alicyclic amines) is 1. The van der Waals surface area contributed by atoms with Crippen LogP contribution in [0.2, 0.25) is 0 Å². The van der Waals surface area contributed by atoms with Crippen molar-refractivity contribution in [2.45, 2.75) is 19.4 Å². The number of ether oxygens (including phenoxy) is 1. The van der Waals surface area contributed by atoms with Crippen LogP contribution in [0, 0.1) is 5.92 Å². The summed E-state index contributed by atoms with van der Waals surface area (Å²) in [4.78, 5) is 43.3. The molecule has 8 heteroatoms. The van der Waals surface area contributed by atoms with E-state index in [0.717, 1.165) is 11.3 Å². The molecular weight excluding hydrogens is 398 g/mol. The van der Waals surface area contributed by atoms with E-state index in [4.69, 9.17) is 9.15 Å². The SMILES string of the molecule is COc1ccccc1CN1CC(C(=O)N2CCN(C(=O)c3ccco3)CC2)CCC1=O. The zero-order valence-electron chi connectivity index (χ0n) is 17.7. The first kappa shape index (κ1) is 21.0. The molecule has 164 valence electrons. The van der Waals surface area contributed by atoms with Gasteiger partial charge in [-0.05, 0) is 24.6 Å². The lowest BCUT2D eigenvalue weighted by Gasteiger charge is -2.38. The second kappa shape index (κ2) is 9.24. The molecule has 0 spiro atoms. The van der Waals surface area contributed by atoms with E-state index in [9.17, 15) is 14.4 Å². The average molecular weight is 425 g/mol. The third-order valence-electron chi connectivity index (χ3n) is 6.01. The molecule has 3 amide bonds. The van der Waals surface area contributed by atoms with Gasteiger partial charge in [-0.15, -0.1) is 0 Å². The Balaban J connectivity index is 1.34. The van der Waals surface area contributed by atoms with Crippen LogP contribution in [0.25, 0.3) is 0 Å². The fourth-order valence-corrected chi connectivity index (χ4v) is 4.25. The Morgan fingerprint density at radius 1 is 1.06 bits per heavy atom. The normalized spacial score (nSPS) is 19.5. The first-order valence-electron chi connectivity index (χ1n) is 10.6. The van der Waals surface area contributed by atoms with E-state index in [2.05, 4.69) is 0 Å². The van der Waals surface area contributed by atoms with Crippen LogP contribution in [0.5, 0.6) is 5.75 Å². The summed E-state index contributed by atoms with van der Waals surface area (Å²) in [6.07, 6.45) is 2.41. The van der Waals surface area contributed by atoms with Gasteiger partial charge < -0.3 is 23.9 Å². The quantitative estimate of drug-likeness (QED) is 0.732. The molecule has 2 fully saturated rings. The number of benzene rings is 1. The molecular formula is C23H27N3O5. The molecule has 8 nitrogen and oxygen atoms in total. The topological polar surface area (TPSA) is 83.3 Å². The molecule has 1 aromatic carbocycles. The predicted octanol–water partition coefficient (Wildman–Crippen LogP) is 2.01. The Morgan fingerprint density at radius 2 is 1.81 bits per heavy atom. The van der Waals surface area contributed by atoms with Gasteiger partial charge in [0.1, 0.15) is 5.75 Å². The van der Waals surface area contributed by atoms with E-state index < -0.39 is 0 Å². The van der Waals surface area contributed by atoms with E-state index in [1.807, 2.05) is 29.2 Å². The van der Waals surface area contributed by atoms with Crippen molar-refractivity contribution in [2.75, 3.05) is 39.8 Å². The summed E-state index contributed by atoms with van der Waals surface area (Å²) in [5, 5.41) is 0. The van der Waals surface area contributed by atoms with Crippen molar-refractivity contribution < 1.29 is 23.5 Å². The number of hydrogen-bond donors (Lipinski definition) is 0. The summed E-state index contributed by atoms with van der Waals surface area (Å²) in [5.41, 5.74) is 0.927. The van der Waals surface area contributed by atoms with Gasteiger partial charge in [0.05, 0.1) is 19.3 Å². The molecule has 2 saturated heterocycles. The molecule has 0 radical (unpaired) electrons. The van der Waals surface area contributed by atoms with Crippen LogP contribution in [0.1, 0.15) is 29.0 Å². The van der Waals surface area contributed by atoms with Crippen LogP contribution in [-0.2, 0) is 16.1 Å². The molecule has 1 unspecified atom stereocenters. The van der Waals surface area contributed by atoms with Gasteiger partial charge in [-0.2, -0.15) is 0 Å². The molecule has 2 aliphatic rings. The summed E-state index contributed by atoms with van der Waals surface area (Å²) < 4.78 is 10.6. The van der Waals surface area contributed by atoms with Crippen molar-refractivity contribution >= 4 is 17.7 Å². The summed E-state index contributed by atoms with van der Waals surface area (Å²) in [6, 6.07) is 11.0. The first-order chi connectivity index (χ1) is 15.1. The van der Waals surface area contributed by atoms with Crippen molar-refractivity contribution in [1.29, 1.82) is 0 Å². The highest BCUT2D eigenvalue weighted by molar-refractivity contribution is 5.91. The van der Waals surface area contributed by atoms with Crippen LogP contribution in [0.3, 0.4) is 0 Å². The number of piperazine rings is 1. The Kier molecular flexibility index (Phi) is 6.25. The second-order valence-corrected chi connectivity index (χ2v) is 7.92. The smallest absolute Gasteiger partial charge is 0.289 e. The molecule has 2 aliphatic heterocycles. The highest BCUT2D eigenvalue weighted by atomic mass is 16.5. The summed E-state index contributed by atoms with van der Waals surface area (Å²) in [7, 11) is 1.61. The van der Waals surface area contributed by atoms with Crippen molar-refractivity contribution in [2.24, 2.45) is 5.92 Å². The minimum atomic E-state index is -0.222. The molecule has 3 heterocycles. The van der Waals surface area contributed by atoms with Gasteiger partial charge in [-0.3, -0.25) is 14.4 Å². The van der Waals surface area contributed by atoms with Gasteiger partial charge >= 0.3 is 0 Å². The van der Waals surface area contributed by atoms with Crippen molar-refractivity contribution in [3.63, 3.8) is 0 Å². The van der Waals surface area contributed by atoms with Crippen LogP contribution in [0.4, 0.5) is 0 Å². The Labute approximate surface area is 181 Å². The lowest BCUT2D eigenvalue weighted by molar-refractivity contribution is -0.144. The minimum Gasteiger partial charge on any atom is -0.496 e. The molecule has 0 N–H and O–H groups in total. The average Bonchev–Trinajstić information content (AvgIpc) is 3.35. The van der Waals surface area contributed by atoms with Crippen molar-refractivity contribution in [3.05, 3.63) is 54.0 Å². The first-order valence-corrected chi connectivity index (χ1v) is 10.6. The largest absolute Gasteiger partial charge is 0.496 e. The Bertz CT molecular complexity index is 934. The van der Waals surface area contributed by atoms with Crippen LogP contribution < -0.4 is 4.74 Å². The number of para-hydroxylation sites is 1. The molecule has 0 saturated carbocycles. The molecule has 1 aromatic heterocycles. The molecule has 4 rings (SSSR count). The van der Waals surface area contributed by atoms with Crippen molar-refractivity contribution in [3.8, 4) is 5.75 Å². The second-order valence-electron chi connectivity index (χ2n) is 7.92. The van der Waals surface area contributed by atoms with E-state index >= 15 is 0 Å². The van der Waals surface area contributed by atoms with Gasteiger partial charge in [0.25, 0.3) is 5.91 Å². The van der Waals surface area contributed by atoms with E-state index in [-0.39, 0.29) is 23.6 Å². The maximum absolute atomic E-state index is 13.1. The number of methoxy groups -OCH3 is 1. The van der Waals surface area contributed by atoms with Gasteiger partial charge in [0, 0.05) is 51.3 Å². The van der Waals surface area contributed by atoms with E-state index in [0.29, 0.717) is 57.9 Å². The van der Waals surface area contributed by atoms with Gasteiger partial charge in [0.2, 0.25) is 11.8 Å². The highest BCUT2D eigenvalue weighted by Gasteiger charge is 2.35. The third kappa shape index (κ3) is 4.57. The highest BCUT2D eigenvalue weighted by Crippen LogP contribution is 2.25. The Morgan fingerprint density at radius 3 is 2.52 bits per heavy atom. The maximum Gasteiger partial charge on any atom is 0.289 e. The zero-order chi connectivity index (χ0) is 21.8. The van der Waals surface area contributed by atoms with Gasteiger partial charge in [-0.25, -0.2) is 0 Å². The summed E-state index contributed by atoms with van der Waals surface area (Å²) in [6.45, 7) is 2.76. The number of nitrogens with zero attached hydrogens (tertiary/aromatic N) is 3. The molecule has 0 aliphatic carbocycles. The molecule has 0 bridgehead atoms. The fraction of sp³-hybridized carbons (Fsp3) is 0.435.